The zero-order valence-electron chi connectivity index (χ0n) is 11.0. The fourth-order valence-corrected chi connectivity index (χ4v) is 4.50. The van der Waals surface area contributed by atoms with Crippen molar-refractivity contribution >= 4 is 0 Å². The van der Waals surface area contributed by atoms with Gasteiger partial charge in [-0.15, -0.1) is 0 Å². The fraction of sp³-hybridized carbons (Fsp3) is 1.00. The minimum Gasteiger partial charge on any atom is -0.327 e. The average Bonchev–Trinajstić information content (AvgIpc) is 2.31. The van der Waals surface area contributed by atoms with Crippen molar-refractivity contribution < 1.29 is 0 Å². The largest absolute Gasteiger partial charge is 0.327 e. The van der Waals surface area contributed by atoms with Crippen LogP contribution < -0.4 is 5.73 Å². The van der Waals surface area contributed by atoms with Crippen LogP contribution in [-0.2, 0) is 0 Å². The Labute approximate surface area is 94.8 Å². The van der Waals surface area contributed by atoms with Crippen LogP contribution in [0.2, 0.25) is 0 Å². The monoisotopic (exact) mass is 209 g/mol. The second-order valence-electron chi connectivity index (χ2n) is 6.70. The molecule has 6 atom stereocenters. The molecule has 0 aromatic heterocycles. The van der Waals surface area contributed by atoms with E-state index in [1.54, 1.807) is 0 Å². The van der Waals surface area contributed by atoms with E-state index < -0.39 is 0 Å². The highest BCUT2D eigenvalue weighted by molar-refractivity contribution is 5.09. The molecule has 0 heterocycles. The lowest BCUT2D eigenvalue weighted by Crippen LogP contribution is -2.48. The molecule has 0 radical (unpaired) electrons. The second kappa shape index (κ2) is 3.48. The lowest BCUT2D eigenvalue weighted by molar-refractivity contribution is 0.0932. The second-order valence-corrected chi connectivity index (χ2v) is 6.70. The van der Waals surface area contributed by atoms with Gasteiger partial charge in [-0.25, -0.2) is 0 Å². The lowest BCUT2D eigenvalue weighted by Gasteiger charge is -2.43. The van der Waals surface area contributed by atoms with Crippen molar-refractivity contribution in [3.05, 3.63) is 0 Å². The number of nitrogens with two attached hydrogens (primary N) is 1. The molecule has 2 aliphatic rings. The predicted molar refractivity (Wildman–Crippen MR) is 65.5 cm³/mol. The maximum atomic E-state index is 6.53. The van der Waals surface area contributed by atoms with Gasteiger partial charge in [-0.3, -0.25) is 0 Å². The first kappa shape index (κ1) is 11.4. The molecule has 2 rings (SSSR count). The Bertz CT molecular complexity index is 246. The molecule has 2 aliphatic carbocycles. The normalized spacial score (nSPS) is 55.0. The Balaban J connectivity index is 2.31. The van der Waals surface area contributed by atoms with E-state index >= 15 is 0 Å². The lowest BCUT2D eigenvalue weighted by atomic mass is 9.64. The van der Waals surface area contributed by atoms with E-state index in [0.29, 0.717) is 11.5 Å². The van der Waals surface area contributed by atoms with Gasteiger partial charge in [0.2, 0.25) is 0 Å². The summed E-state index contributed by atoms with van der Waals surface area (Å²) in [5.41, 5.74) is 6.95. The molecule has 0 amide bonds. The molecule has 0 saturated heterocycles. The van der Waals surface area contributed by atoms with E-state index in [1.807, 2.05) is 0 Å². The molecule has 0 aromatic rings. The van der Waals surface area contributed by atoms with Gasteiger partial charge in [0, 0.05) is 6.04 Å². The molecule has 88 valence electrons. The van der Waals surface area contributed by atoms with Gasteiger partial charge in [-0.2, -0.15) is 0 Å². The molecule has 0 aromatic carbocycles. The Morgan fingerprint density at radius 2 is 1.87 bits per heavy atom. The summed E-state index contributed by atoms with van der Waals surface area (Å²) >= 11 is 0. The molecule has 2 fully saturated rings. The highest BCUT2D eigenvalue weighted by atomic mass is 14.8. The van der Waals surface area contributed by atoms with Gasteiger partial charge in [0.25, 0.3) is 0 Å². The van der Waals surface area contributed by atoms with Crippen LogP contribution in [-0.4, -0.2) is 6.04 Å². The summed E-state index contributed by atoms with van der Waals surface area (Å²) in [7, 11) is 0. The van der Waals surface area contributed by atoms with Crippen molar-refractivity contribution in [2.75, 3.05) is 0 Å². The van der Waals surface area contributed by atoms with Crippen LogP contribution >= 0.6 is 0 Å². The summed E-state index contributed by atoms with van der Waals surface area (Å²) in [6.45, 7) is 12.0. The average molecular weight is 209 g/mol. The van der Waals surface area contributed by atoms with Gasteiger partial charge in [-0.05, 0) is 47.8 Å². The third-order valence-electron chi connectivity index (χ3n) is 5.98. The summed E-state index contributed by atoms with van der Waals surface area (Å²) in [6, 6.07) is 0.448. The third-order valence-corrected chi connectivity index (χ3v) is 5.98. The van der Waals surface area contributed by atoms with Crippen LogP contribution in [0.15, 0.2) is 0 Å². The molecule has 3 unspecified atom stereocenters. The van der Waals surface area contributed by atoms with E-state index in [-0.39, 0.29) is 0 Å². The molecule has 1 nitrogen and oxygen atoms in total. The van der Waals surface area contributed by atoms with E-state index in [4.69, 9.17) is 5.73 Å². The van der Waals surface area contributed by atoms with Crippen molar-refractivity contribution in [2.24, 2.45) is 40.7 Å². The maximum absolute atomic E-state index is 6.53. The van der Waals surface area contributed by atoms with Gasteiger partial charge in [0.05, 0.1) is 0 Å². The highest BCUT2D eigenvalue weighted by Gasteiger charge is 2.57. The van der Waals surface area contributed by atoms with Crippen LogP contribution in [0.4, 0.5) is 0 Å². The van der Waals surface area contributed by atoms with Crippen LogP contribution in [0.3, 0.4) is 0 Å². The highest BCUT2D eigenvalue weighted by Crippen LogP contribution is 2.59. The molecule has 0 spiro atoms. The predicted octanol–water partition coefficient (Wildman–Crippen LogP) is 3.29. The first-order chi connectivity index (χ1) is 6.89. The van der Waals surface area contributed by atoms with Crippen molar-refractivity contribution in [3.63, 3.8) is 0 Å². The summed E-state index contributed by atoms with van der Waals surface area (Å²) in [4.78, 5) is 0. The van der Waals surface area contributed by atoms with Crippen LogP contribution in [0.5, 0.6) is 0 Å². The minimum atomic E-state index is 0.426. The van der Waals surface area contributed by atoms with Gasteiger partial charge in [0.15, 0.2) is 0 Å². The van der Waals surface area contributed by atoms with E-state index in [0.717, 1.165) is 29.6 Å². The van der Waals surface area contributed by atoms with E-state index in [1.165, 1.54) is 12.8 Å². The molecule has 15 heavy (non-hydrogen) atoms. The quantitative estimate of drug-likeness (QED) is 0.704. The number of hydrogen-bond donors (Lipinski definition) is 1. The SMILES string of the molecule is CC(C)[C@@H]1CCC2(C)C(N)C1[C@H](C)[C@@H]2C. The maximum Gasteiger partial charge on any atom is 0.0129 e. The van der Waals surface area contributed by atoms with Crippen molar-refractivity contribution in [1.29, 1.82) is 0 Å². The topological polar surface area (TPSA) is 26.0 Å². The fourth-order valence-electron chi connectivity index (χ4n) is 4.50. The van der Waals surface area contributed by atoms with Crippen molar-refractivity contribution in [2.45, 2.75) is 53.5 Å². The standard InChI is InChI=1S/C14H27N/c1-8(2)11-6-7-14(5)10(4)9(3)12(11)13(14)15/h8-13H,6-7,15H2,1-5H3/t9-,10+,11+,12?,13?,14?/m1/s1. The summed E-state index contributed by atoms with van der Waals surface area (Å²) in [5.74, 6) is 4.08. The Kier molecular flexibility index (Phi) is 2.65. The number of hydrogen-bond acceptors (Lipinski definition) is 1. The van der Waals surface area contributed by atoms with Gasteiger partial charge < -0.3 is 5.73 Å². The first-order valence-electron chi connectivity index (χ1n) is 6.65. The van der Waals surface area contributed by atoms with Crippen LogP contribution in [0.1, 0.15) is 47.5 Å². The zero-order chi connectivity index (χ0) is 11.4. The van der Waals surface area contributed by atoms with Crippen molar-refractivity contribution in [1.82, 2.24) is 0 Å². The molecule has 1 heteroatoms. The van der Waals surface area contributed by atoms with E-state index in [2.05, 4.69) is 34.6 Å². The summed E-state index contributed by atoms with van der Waals surface area (Å²) in [6.07, 6.45) is 2.75. The molecule has 2 bridgehead atoms. The van der Waals surface area contributed by atoms with Crippen LogP contribution in [0.25, 0.3) is 0 Å². The van der Waals surface area contributed by atoms with Gasteiger partial charge >= 0.3 is 0 Å². The molecule has 2 N–H and O–H groups in total. The van der Waals surface area contributed by atoms with Crippen molar-refractivity contribution in [3.8, 4) is 0 Å². The van der Waals surface area contributed by atoms with Crippen LogP contribution in [0, 0.1) is 35.0 Å². The third kappa shape index (κ3) is 1.39. The summed E-state index contributed by atoms with van der Waals surface area (Å²) in [5, 5.41) is 0. The minimum absolute atomic E-state index is 0.426. The smallest absolute Gasteiger partial charge is 0.0129 e. The molecule has 2 saturated carbocycles. The molecular weight excluding hydrogens is 182 g/mol. The number of fused-ring (bicyclic) bond motifs is 2. The number of rotatable bonds is 1. The van der Waals surface area contributed by atoms with Gasteiger partial charge in [-0.1, -0.05) is 34.6 Å². The first-order valence-corrected chi connectivity index (χ1v) is 6.65. The Morgan fingerprint density at radius 1 is 1.27 bits per heavy atom. The molecule has 0 aliphatic heterocycles. The summed E-state index contributed by atoms with van der Waals surface area (Å²) < 4.78 is 0. The van der Waals surface area contributed by atoms with Gasteiger partial charge in [0.1, 0.15) is 0 Å². The van der Waals surface area contributed by atoms with E-state index in [9.17, 15) is 0 Å². The Morgan fingerprint density at radius 3 is 2.40 bits per heavy atom. The zero-order valence-corrected chi connectivity index (χ0v) is 11.0. The Hall–Kier alpha value is -0.0400. The molecular formula is C14H27N.